The Labute approximate surface area is 148 Å². The molecule has 0 spiro atoms. The van der Waals surface area contributed by atoms with Crippen LogP contribution >= 0.6 is 0 Å². The third kappa shape index (κ3) is 3.83. The number of nitrogens with zero attached hydrogens (tertiary/aromatic N) is 1. The zero-order chi connectivity index (χ0) is 17.8. The number of hydrogen-bond donors (Lipinski definition) is 2. The summed E-state index contributed by atoms with van der Waals surface area (Å²) < 4.78 is 5.47. The molecule has 1 unspecified atom stereocenters. The number of fused-ring (bicyclic) bond motifs is 3. The maximum absolute atomic E-state index is 12.1. The molecule has 3 rings (SSSR count). The van der Waals surface area contributed by atoms with Crippen LogP contribution in [0.4, 0.5) is 4.79 Å². The quantitative estimate of drug-likeness (QED) is 0.848. The summed E-state index contributed by atoms with van der Waals surface area (Å²) in [6.45, 7) is 0.711. The number of ether oxygens (including phenoxy) is 1. The monoisotopic (exact) mass is 340 g/mol. The van der Waals surface area contributed by atoms with E-state index in [0.29, 0.717) is 6.54 Å². The van der Waals surface area contributed by atoms with Gasteiger partial charge in [0.2, 0.25) is 0 Å². The van der Waals surface area contributed by atoms with Gasteiger partial charge in [0.05, 0.1) is 12.6 Å². The first kappa shape index (κ1) is 17.5. The van der Waals surface area contributed by atoms with Crippen LogP contribution in [0.1, 0.15) is 17.0 Å². The third-order valence-corrected chi connectivity index (χ3v) is 4.47. The average molecular weight is 340 g/mol. The van der Waals surface area contributed by atoms with E-state index in [2.05, 4.69) is 29.6 Å². The number of rotatable bonds is 6. The normalized spacial score (nSPS) is 14.1. The molecule has 0 heterocycles. The van der Waals surface area contributed by atoms with Crippen LogP contribution in [-0.4, -0.2) is 56.0 Å². The molecule has 132 valence electrons. The zero-order valence-corrected chi connectivity index (χ0v) is 14.6. The van der Waals surface area contributed by atoms with Gasteiger partial charge in [-0.15, -0.1) is 0 Å². The average Bonchev–Trinajstić information content (AvgIpc) is 2.93. The minimum absolute atomic E-state index is 0.0413. The van der Waals surface area contributed by atoms with E-state index in [1.165, 1.54) is 22.3 Å². The summed E-state index contributed by atoms with van der Waals surface area (Å²) in [6, 6.07) is 16.1. The van der Waals surface area contributed by atoms with E-state index in [9.17, 15) is 9.90 Å². The van der Waals surface area contributed by atoms with Crippen LogP contribution in [0.5, 0.6) is 0 Å². The van der Waals surface area contributed by atoms with Crippen molar-refractivity contribution < 1.29 is 14.6 Å². The first-order valence-electron chi connectivity index (χ1n) is 8.47. The van der Waals surface area contributed by atoms with Gasteiger partial charge in [-0.25, -0.2) is 4.79 Å². The Balaban J connectivity index is 1.68. The Morgan fingerprint density at radius 3 is 2.20 bits per heavy atom. The lowest BCUT2D eigenvalue weighted by Crippen LogP contribution is -2.44. The number of aliphatic hydroxyl groups is 1. The summed E-state index contributed by atoms with van der Waals surface area (Å²) >= 11 is 0. The lowest BCUT2D eigenvalue weighted by Gasteiger charge is -2.21. The van der Waals surface area contributed by atoms with Crippen LogP contribution in [0.2, 0.25) is 0 Å². The van der Waals surface area contributed by atoms with E-state index in [4.69, 9.17) is 4.74 Å². The molecule has 1 aliphatic carbocycles. The van der Waals surface area contributed by atoms with Crippen LogP contribution in [0.15, 0.2) is 48.5 Å². The molecule has 0 fully saturated rings. The smallest absolute Gasteiger partial charge is 0.407 e. The van der Waals surface area contributed by atoms with E-state index in [1.807, 2.05) is 43.3 Å². The largest absolute Gasteiger partial charge is 0.449 e. The maximum Gasteiger partial charge on any atom is 0.407 e. The number of hydrogen-bond acceptors (Lipinski definition) is 4. The number of carbonyl (C=O) groups excluding carboxylic acids is 1. The Morgan fingerprint density at radius 1 is 1.12 bits per heavy atom. The lowest BCUT2D eigenvalue weighted by atomic mass is 9.98. The fourth-order valence-electron chi connectivity index (χ4n) is 3.40. The predicted octanol–water partition coefficient (Wildman–Crippen LogP) is 2.45. The van der Waals surface area contributed by atoms with Gasteiger partial charge in [0.25, 0.3) is 0 Å². The van der Waals surface area contributed by atoms with Gasteiger partial charge >= 0.3 is 6.09 Å². The van der Waals surface area contributed by atoms with Crippen LogP contribution in [0.25, 0.3) is 11.1 Å². The van der Waals surface area contributed by atoms with Gasteiger partial charge in [0.15, 0.2) is 0 Å². The summed E-state index contributed by atoms with van der Waals surface area (Å²) in [6.07, 6.45) is -0.497. The minimum atomic E-state index is -0.497. The number of nitrogens with one attached hydrogen (secondary N) is 1. The fraction of sp³-hybridized carbons (Fsp3) is 0.350. The van der Waals surface area contributed by atoms with E-state index < -0.39 is 6.09 Å². The second kappa shape index (κ2) is 7.68. The van der Waals surface area contributed by atoms with Crippen molar-refractivity contribution in [1.29, 1.82) is 0 Å². The van der Waals surface area contributed by atoms with Crippen LogP contribution in [-0.2, 0) is 4.74 Å². The molecule has 2 aromatic carbocycles. The van der Waals surface area contributed by atoms with E-state index in [0.717, 1.165) is 0 Å². The first-order valence-corrected chi connectivity index (χ1v) is 8.47. The van der Waals surface area contributed by atoms with Crippen molar-refractivity contribution in [2.75, 3.05) is 33.9 Å². The van der Waals surface area contributed by atoms with Crippen molar-refractivity contribution in [1.82, 2.24) is 10.2 Å². The Kier molecular flexibility index (Phi) is 5.36. The molecular formula is C20H24N2O3. The summed E-state index contributed by atoms with van der Waals surface area (Å²) in [4.78, 5) is 14.0. The molecule has 1 aliphatic rings. The Morgan fingerprint density at radius 2 is 1.68 bits per heavy atom. The van der Waals surface area contributed by atoms with Crippen molar-refractivity contribution >= 4 is 6.09 Å². The van der Waals surface area contributed by atoms with E-state index in [-0.39, 0.29) is 25.2 Å². The predicted molar refractivity (Wildman–Crippen MR) is 97.6 cm³/mol. The standard InChI is InChI=1S/C20H24N2O3/c1-22(2)11-14(12-23)21-20(24)25-13-19-17-9-5-3-7-15(17)16-8-4-6-10-18(16)19/h3-10,14,19,23H,11-13H2,1-2H3,(H,21,24). The molecule has 0 radical (unpaired) electrons. The van der Waals surface area contributed by atoms with Gasteiger partial charge in [-0.3, -0.25) is 0 Å². The molecule has 0 bridgehead atoms. The van der Waals surface area contributed by atoms with Crippen LogP contribution in [0, 0.1) is 0 Å². The maximum atomic E-state index is 12.1. The zero-order valence-electron chi connectivity index (χ0n) is 14.6. The molecule has 1 amide bonds. The third-order valence-electron chi connectivity index (χ3n) is 4.47. The van der Waals surface area contributed by atoms with Crippen molar-refractivity contribution in [2.45, 2.75) is 12.0 Å². The second-order valence-electron chi connectivity index (χ2n) is 6.61. The molecule has 2 aromatic rings. The van der Waals surface area contributed by atoms with Gasteiger partial charge in [-0.05, 0) is 36.3 Å². The molecule has 0 aliphatic heterocycles. The first-order chi connectivity index (χ1) is 12.1. The highest BCUT2D eigenvalue weighted by Gasteiger charge is 2.29. The Hall–Kier alpha value is -2.37. The number of carbonyl (C=O) groups is 1. The summed E-state index contributed by atoms with van der Waals surface area (Å²) in [5.74, 6) is 0.0413. The van der Waals surface area contributed by atoms with Gasteiger partial charge in [-0.1, -0.05) is 48.5 Å². The summed E-state index contributed by atoms with van der Waals surface area (Å²) in [5, 5.41) is 12.1. The molecule has 0 aromatic heterocycles. The Bertz CT molecular complexity index is 700. The van der Waals surface area contributed by atoms with Gasteiger partial charge in [0, 0.05) is 12.5 Å². The van der Waals surface area contributed by atoms with Crippen molar-refractivity contribution in [3.05, 3.63) is 59.7 Å². The van der Waals surface area contributed by atoms with Crippen molar-refractivity contribution in [3.63, 3.8) is 0 Å². The van der Waals surface area contributed by atoms with Crippen molar-refractivity contribution in [3.8, 4) is 11.1 Å². The number of alkyl carbamates (subject to hydrolysis) is 1. The highest BCUT2D eigenvalue weighted by atomic mass is 16.5. The number of amides is 1. The van der Waals surface area contributed by atoms with E-state index >= 15 is 0 Å². The van der Waals surface area contributed by atoms with E-state index in [1.54, 1.807) is 0 Å². The van der Waals surface area contributed by atoms with Crippen LogP contribution in [0.3, 0.4) is 0 Å². The summed E-state index contributed by atoms with van der Waals surface area (Å²) in [7, 11) is 3.78. The topological polar surface area (TPSA) is 61.8 Å². The highest BCUT2D eigenvalue weighted by molar-refractivity contribution is 5.79. The van der Waals surface area contributed by atoms with Gasteiger partial charge in [-0.2, -0.15) is 0 Å². The number of benzene rings is 2. The molecule has 2 N–H and O–H groups in total. The number of aliphatic hydroxyl groups excluding tert-OH is 1. The molecular weight excluding hydrogens is 316 g/mol. The summed E-state index contributed by atoms with van der Waals surface area (Å²) in [5.41, 5.74) is 4.77. The molecule has 0 saturated carbocycles. The minimum Gasteiger partial charge on any atom is -0.449 e. The SMILES string of the molecule is CN(C)CC(CO)NC(=O)OCC1c2ccccc2-c2ccccc21. The molecule has 25 heavy (non-hydrogen) atoms. The number of likely N-dealkylation sites (N-methyl/N-ethyl adjacent to an activating group) is 1. The molecule has 0 saturated heterocycles. The van der Waals surface area contributed by atoms with Gasteiger partial charge < -0.3 is 20.1 Å². The molecule has 5 nitrogen and oxygen atoms in total. The van der Waals surface area contributed by atoms with Gasteiger partial charge in [0.1, 0.15) is 6.61 Å². The fourth-order valence-corrected chi connectivity index (χ4v) is 3.40. The second-order valence-corrected chi connectivity index (χ2v) is 6.61. The van der Waals surface area contributed by atoms with Crippen molar-refractivity contribution in [2.24, 2.45) is 0 Å². The lowest BCUT2D eigenvalue weighted by molar-refractivity contribution is 0.128. The molecule has 5 heteroatoms. The van der Waals surface area contributed by atoms with Crippen LogP contribution < -0.4 is 5.32 Å². The molecule has 1 atom stereocenters. The highest BCUT2D eigenvalue weighted by Crippen LogP contribution is 2.44.